The van der Waals surface area contributed by atoms with Crippen LogP contribution in [0.2, 0.25) is 0 Å². The highest BCUT2D eigenvalue weighted by molar-refractivity contribution is 7.80. The van der Waals surface area contributed by atoms with Crippen LogP contribution in [-0.4, -0.2) is 71.2 Å². The molecule has 13 heteroatoms. The van der Waals surface area contributed by atoms with Crippen molar-refractivity contribution in [2.45, 2.75) is 76.5 Å². The summed E-state index contributed by atoms with van der Waals surface area (Å²) >= 11 is 4.08. The Balaban J connectivity index is 5.29. The molecule has 190 valence electrons. The van der Waals surface area contributed by atoms with E-state index in [-0.39, 0.29) is 24.5 Å². The second-order valence-electron chi connectivity index (χ2n) is 7.91. The summed E-state index contributed by atoms with van der Waals surface area (Å²) in [5.74, 6) is -4.43. The fraction of sp³-hybridized carbons (Fsp3) is 0.750. The lowest BCUT2D eigenvalue weighted by Gasteiger charge is -2.26. The molecule has 0 saturated heterocycles. The number of primary amides is 1. The first kappa shape index (κ1) is 30.6. The number of aliphatic carboxylic acids is 1. The molecule has 0 rings (SSSR count). The highest BCUT2D eigenvalue weighted by atomic mass is 32.1. The topological polar surface area (TPSA) is 220 Å². The van der Waals surface area contributed by atoms with Gasteiger partial charge in [-0.1, -0.05) is 26.7 Å². The number of nitrogens with one attached hydrogen (secondary N) is 3. The van der Waals surface area contributed by atoms with E-state index in [1.807, 2.05) is 0 Å². The van der Waals surface area contributed by atoms with E-state index in [0.717, 1.165) is 0 Å². The molecular weight excluding hydrogens is 452 g/mol. The molecule has 33 heavy (non-hydrogen) atoms. The maximum absolute atomic E-state index is 12.7. The van der Waals surface area contributed by atoms with Crippen molar-refractivity contribution in [3.05, 3.63) is 0 Å². The van der Waals surface area contributed by atoms with Crippen molar-refractivity contribution in [3.8, 4) is 0 Å². The normalized spacial score (nSPS) is 15.4. The van der Waals surface area contributed by atoms with Crippen LogP contribution in [0.4, 0.5) is 0 Å². The van der Waals surface area contributed by atoms with Crippen LogP contribution < -0.4 is 33.2 Å². The van der Waals surface area contributed by atoms with Gasteiger partial charge in [-0.2, -0.15) is 12.6 Å². The van der Waals surface area contributed by atoms with Gasteiger partial charge in [-0.05, 0) is 31.7 Å². The Hall–Kier alpha value is -2.38. The van der Waals surface area contributed by atoms with Crippen LogP contribution in [0.1, 0.15) is 52.4 Å². The Bertz CT molecular complexity index is 679. The third-order valence-electron chi connectivity index (χ3n) is 5.21. The summed E-state index contributed by atoms with van der Waals surface area (Å²) in [6, 6.07) is -4.36. The number of carbonyl (C=O) groups is 5. The third-order valence-corrected chi connectivity index (χ3v) is 5.58. The van der Waals surface area contributed by atoms with Crippen molar-refractivity contribution in [1.29, 1.82) is 0 Å². The summed E-state index contributed by atoms with van der Waals surface area (Å²) in [6.45, 7) is 3.92. The van der Waals surface area contributed by atoms with Gasteiger partial charge in [-0.3, -0.25) is 19.2 Å². The zero-order valence-electron chi connectivity index (χ0n) is 19.2. The molecule has 0 heterocycles. The Morgan fingerprint density at radius 3 is 2.00 bits per heavy atom. The highest BCUT2D eigenvalue weighted by Gasteiger charge is 2.31. The van der Waals surface area contributed by atoms with E-state index in [2.05, 4.69) is 28.6 Å². The van der Waals surface area contributed by atoms with Crippen LogP contribution in [0, 0.1) is 5.92 Å². The largest absolute Gasteiger partial charge is 0.480 e. The van der Waals surface area contributed by atoms with Gasteiger partial charge in [0.15, 0.2) is 0 Å². The van der Waals surface area contributed by atoms with Crippen LogP contribution in [0.5, 0.6) is 0 Å². The monoisotopic (exact) mass is 490 g/mol. The molecule has 0 fully saturated rings. The lowest BCUT2D eigenvalue weighted by atomic mass is 9.98. The molecule has 0 bridgehead atoms. The first-order chi connectivity index (χ1) is 15.5. The SMILES string of the molecule is CCC(C)C(NC(=O)C(CCC(N)=O)NC(=O)C(CS)NC(=O)C(N)CCCCN)C(=O)O. The van der Waals surface area contributed by atoms with Gasteiger partial charge in [-0.15, -0.1) is 0 Å². The Morgan fingerprint density at radius 1 is 0.939 bits per heavy atom. The maximum Gasteiger partial charge on any atom is 0.326 e. The molecule has 5 atom stereocenters. The molecule has 12 nitrogen and oxygen atoms in total. The van der Waals surface area contributed by atoms with Crippen molar-refractivity contribution in [2.75, 3.05) is 12.3 Å². The lowest BCUT2D eigenvalue weighted by Crippen LogP contribution is -2.58. The number of rotatable bonds is 17. The fourth-order valence-electron chi connectivity index (χ4n) is 2.88. The molecule has 0 aliphatic carbocycles. The molecular formula is C20H38N6O6S. The Morgan fingerprint density at radius 2 is 1.52 bits per heavy atom. The number of unbranched alkanes of at least 4 members (excludes halogenated alkanes) is 1. The van der Waals surface area contributed by atoms with Gasteiger partial charge in [-0.25, -0.2) is 4.79 Å². The van der Waals surface area contributed by atoms with E-state index in [1.165, 1.54) is 0 Å². The second kappa shape index (κ2) is 16.3. The van der Waals surface area contributed by atoms with Crippen molar-refractivity contribution in [3.63, 3.8) is 0 Å². The minimum Gasteiger partial charge on any atom is -0.480 e. The summed E-state index contributed by atoms with van der Waals surface area (Å²) in [7, 11) is 0. The molecule has 0 aliphatic rings. The number of carbonyl (C=O) groups excluding carboxylic acids is 4. The minimum absolute atomic E-state index is 0.0815. The van der Waals surface area contributed by atoms with E-state index in [1.54, 1.807) is 13.8 Å². The standard InChI is InChI=1S/C20H38N6O6S/c1-3-11(2)16(20(31)32)26-18(29)13(7-8-15(23)27)24-19(30)14(10-33)25-17(28)12(22)6-4-5-9-21/h11-14,16,33H,3-10,21-22H2,1-2H3,(H2,23,27)(H,24,30)(H,25,28)(H,26,29)(H,31,32). The maximum atomic E-state index is 12.7. The quantitative estimate of drug-likeness (QED) is 0.0858. The van der Waals surface area contributed by atoms with Crippen molar-refractivity contribution in [1.82, 2.24) is 16.0 Å². The number of nitrogens with two attached hydrogens (primary N) is 3. The molecule has 0 saturated carbocycles. The smallest absolute Gasteiger partial charge is 0.326 e. The molecule has 10 N–H and O–H groups in total. The number of amides is 4. The average Bonchev–Trinajstić information content (AvgIpc) is 2.76. The average molecular weight is 491 g/mol. The van der Waals surface area contributed by atoms with Crippen molar-refractivity contribution < 1.29 is 29.1 Å². The highest BCUT2D eigenvalue weighted by Crippen LogP contribution is 2.09. The lowest BCUT2D eigenvalue weighted by molar-refractivity contribution is -0.144. The zero-order valence-corrected chi connectivity index (χ0v) is 20.1. The fourth-order valence-corrected chi connectivity index (χ4v) is 3.13. The van der Waals surface area contributed by atoms with Crippen LogP contribution in [-0.2, 0) is 24.0 Å². The summed E-state index contributed by atoms with van der Waals surface area (Å²) in [6.07, 6.45) is 1.88. The summed E-state index contributed by atoms with van der Waals surface area (Å²) in [5, 5.41) is 16.7. The van der Waals surface area contributed by atoms with Crippen molar-refractivity contribution >= 4 is 42.2 Å². The molecule has 0 aromatic carbocycles. The van der Waals surface area contributed by atoms with E-state index in [9.17, 15) is 29.1 Å². The number of hydrogen-bond donors (Lipinski definition) is 8. The number of hydrogen-bond acceptors (Lipinski definition) is 8. The van der Waals surface area contributed by atoms with Gasteiger partial charge in [0.2, 0.25) is 23.6 Å². The van der Waals surface area contributed by atoms with Gasteiger partial charge in [0, 0.05) is 12.2 Å². The second-order valence-corrected chi connectivity index (χ2v) is 8.28. The van der Waals surface area contributed by atoms with E-state index in [4.69, 9.17) is 17.2 Å². The Labute approximate surface area is 199 Å². The summed E-state index contributed by atoms with van der Waals surface area (Å²) in [4.78, 5) is 60.5. The molecule has 4 amide bonds. The predicted octanol–water partition coefficient (Wildman–Crippen LogP) is -1.78. The summed E-state index contributed by atoms with van der Waals surface area (Å²) < 4.78 is 0. The van der Waals surface area contributed by atoms with Gasteiger partial charge >= 0.3 is 5.97 Å². The van der Waals surface area contributed by atoms with Crippen molar-refractivity contribution in [2.24, 2.45) is 23.1 Å². The molecule has 0 aliphatic heterocycles. The molecule has 0 aromatic rings. The van der Waals surface area contributed by atoms with Gasteiger partial charge < -0.3 is 38.3 Å². The number of carboxylic acid groups (broad SMARTS) is 1. The van der Waals surface area contributed by atoms with Gasteiger partial charge in [0.05, 0.1) is 6.04 Å². The first-order valence-electron chi connectivity index (χ1n) is 11.0. The van der Waals surface area contributed by atoms with E-state index >= 15 is 0 Å². The van der Waals surface area contributed by atoms with Gasteiger partial charge in [0.25, 0.3) is 0 Å². The Kier molecular flexibility index (Phi) is 15.1. The molecule has 0 radical (unpaired) electrons. The number of thiol groups is 1. The van der Waals surface area contributed by atoms with E-state index in [0.29, 0.717) is 32.2 Å². The third kappa shape index (κ3) is 11.9. The van der Waals surface area contributed by atoms with Crippen LogP contribution >= 0.6 is 12.6 Å². The summed E-state index contributed by atoms with van der Waals surface area (Å²) in [5.41, 5.74) is 16.4. The molecule has 0 aromatic heterocycles. The first-order valence-corrected chi connectivity index (χ1v) is 11.6. The number of carboxylic acids is 1. The van der Waals surface area contributed by atoms with Gasteiger partial charge in [0.1, 0.15) is 18.1 Å². The molecule has 0 spiro atoms. The minimum atomic E-state index is -1.24. The predicted molar refractivity (Wildman–Crippen MR) is 126 cm³/mol. The molecule has 5 unspecified atom stereocenters. The zero-order chi connectivity index (χ0) is 25.6. The van der Waals surface area contributed by atoms with Crippen LogP contribution in [0.25, 0.3) is 0 Å². The van der Waals surface area contributed by atoms with E-state index < -0.39 is 53.8 Å². The van der Waals surface area contributed by atoms with Crippen LogP contribution in [0.15, 0.2) is 0 Å². The van der Waals surface area contributed by atoms with Crippen LogP contribution in [0.3, 0.4) is 0 Å².